The van der Waals surface area contributed by atoms with Crippen molar-refractivity contribution in [2.45, 2.75) is 25.8 Å². The second-order valence-electron chi connectivity index (χ2n) is 3.11. The van der Waals surface area contributed by atoms with Crippen molar-refractivity contribution in [3.05, 3.63) is 0 Å². The number of hydrogen-bond acceptors (Lipinski definition) is 1. The summed E-state index contributed by atoms with van der Waals surface area (Å²) in [6, 6.07) is 0.697. The SMILES string of the molecule is CCN=C(NC1CC1)N(C)C.I. The van der Waals surface area contributed by atoms with Gasteiger partial charge in [0.05, 0.1) is 0 Å². The second-order valence-corrected chi connectivity index (χ2v) is 3.11. The minimum atomic E-state index is 0. The Balaban J connectivity index is 0.00000121. The quantitative estimate of drug-likeness (QED) is 0.470. The summed E-state index contributed by atoms with van der Waals surface area (Å²) < 4.78 is 0. The van der Waals surface area contributed by atoms with Gasteiger partial charge < -0.3 is 10.2 Å². The highest BCUT2D eigenvalue weighted by atomic mass is 127. The van der Waals surface area contributed by atoms with Crippen molar-refractivity contribution >= 4 is 29.9 Å². The van der Waals surface area contributed by atoms with E-state index in [-0.39, 0.29) is 24.0 Å². The van der Waals surface area contributed by atoms with Crippen molar-refractivity contribution in [2.24, 2.45) is 4.99 Å². The summed E-state index contributed by atoms with van der Waals surface area (Å²) in [4.78, 5) is 6.36. The van der Waals surface area contributed by atoms with Crippen molar-refractivity contribution in [3.63, 3.8) is 0 Å². The molecule has 12 heavy (non-hydrogen) atoms. The third-order valence-corrected chi connectivity index (χ3v) is 1.64. The second kappa shape index (κ2) is 5.61. The van der Waals surface area contributed by atoms with E-state index in [4.69, 9.17) is 0 Å². The molecular weight excluding hydrogens is 265 g/mol. The molecule has 0 amide bonds. The van der Waals surface area contributed by atoms with Gasteiger partial charge in [-0.15, -0.1) is 24.0 Å². The van der Waals surface area contributed by atoms with E-state index in [1.54, 1.807) is 0 Å². The first-order chi connectivity index (χ1) is 5.24. The summed E-state index contributed by atoms with van der Waals surface area (Å²) in [5.74, 6) is 1.02. The summed E-state index contributed by atoms with van der Waals surface area (Å²) in [6.45, 7) is 2.91. The van der Waals surface area contributed by atoms with Crippen LogP contribution in [0.3, 0.4) is 0 Å². The van der Waals surface area contributed by atoms with E-state index in [2.05, 4.69) is 17.2 Å². The van der Waals surface area contributed by atoms with Crippen molar-refractivity contribution in [1.29, 1.82) is 0 Å². The zero-order valence-corrected chi connectivity index (χ0v) is 10.3. The molecule has 0 radical (unpaired) electrons. The van der Waals surface area contributed by atoms with Crippen LogP contribution in [0.15, 0.2) is 4.99 Å². The highest BCUT2D eigenvalue weighted by molar-refractivity contribution is 14.0. The minimum absolute atomic E-state index is 0. The smallest absolute Gasteiger partial charge is 0.193 e. The number of nitrogens with zero attached hydrogens (tertiary/aromatic N) is 2. The lowest BCUT2D eigenvalue weighted by atomic mass is 10.6. The molecule has 0 aromatic carbocycles. The van der Waals surface area contributed by atoms with Gasteiger partial charge in [0.2, 0.25) is 0 Å². The molecule has 0 heterocycles. The Morgan fingerprint density at radius 2 is 2.08 bits per heavy atom. The lowest BCUT2D eigenvalue weighted by Crippen LogP contribution is -2.37. The molecule has 0 spiro atoms. The molecule has 1 aliphatic carbocycles. The van der Waals surface area contributed by atoms with Gasteiger partial charge in [0.1, 0.15) is 0 Å². The first-order valence-corrected chi connectivity index (χ1v) is 4.22. The van der Waals surface area contributed by atoms with E-state index >= 15 is 0 Å². The van der Waals surface area contributed by atoms with Gasteiger partial charge in [0, 0.05) is 26.7 Å². The number of halogens is 1. The molecule has 1 rings (SSSR count). The Kier molecular flexibility index (Phi) is 5.61. The zero-order valence-electron chi connectivity index (χ0n) is 8.00. The molecule has 72 valence electrons. The molecule has 1 saturated carbocycles. The summed E-state index contributed by atoms with van der Waals surface area (Å²) in [7, 11) is 4.04. The minimum Gasteiger partial charge on any atom is -0.354 e. The predicted octanol–water partition coefficient (Wildman–Crippen LogP) is 1.29. The fourth-order valence-electron chi connectivity index (χ4n) is 0.876. The van der Waals surface area contributed by atoms with Crippen LogP contribution in [0.1, 0.15) is 19.8 Å². The lowest BCUT2D eigenvalue weighted by molar-refractivity contribution is 0.579. The third kappa shape index (κ3) is 4.13. The van der Waals surface area contributed by atoms with Crippen LogP contribution in [-0.2, 0) is 0 Å². The summed E-state index contributed by atoms with van der Waals surface area (Å²) in [6.07, 6.45) is 2.60. The number of guanidine groups is 1. The molecule has 4 heteroatoms. The molecule has 0 saturated heterocycles. The Hall–Kier alpha value is 0. The van der Waals surface area contributed by atoms with Gasteiger partial charge in [-0.25, -0.2) is 0 Å². The zero-order chi connectivity index (χ0) is 8.27. The largest absolute Gasteiger partial charge is 0.354 e. The van der Waals surface area contributed by atoms with Crippen molar-refractivity contribution in [1.82, 2.24) is 10.2 Å². The van der Waals surface area contributed by atoms with Crippen LogP contribution in [0, 0.1) is 0 Å². The predicted molar refractivity (Wildman–Crippen MR) is 63.2 cm³/mol. The van der Waals surface area contributed by atoms with E-state index in [0.717, 1.165) is 12.5 Å². The maximum atomic E-state index is 4.34. The fraction of sp³-hybridized carbons (Fsp3) is 0.875. The monoisotopic (exact) mass is 283 g/mol. The van der Waals surface area contributed by atoms with Crippen molar-refractivity contribution in [3.8, 4) is 0 Å². The topological polar surface area (TPSA) is 27.6 Å². The van der Waals surface area contributed by atoms with Crippen LogP contribution < -0.4 is 5.32 Å². The molecule has 0 aromatic rings. The van der Waals surface area contributed by atoms with Gasteiger partial charge in [-0.3, -0.25) is 4.99 Å². The molecule has 1 N–H and O–H groups in total. The van der Waals surface area contributed by atoms with E-state index in [0.29, 0.717) is 6.04 Å². The molecule has 0 atom stereocenters. The average Bonchev–Trinajstić information content (AvgIpc) is 2.70. The maximum absolute atomic E-state index is 4.34. The molecule has 0 aliphatic heterocycles. The van der Waals surface area contributed by atoms with Gasteiger partial charge in [0.15, 0.2) is 5.96 Å². The first-order valence-electron chi connectivity index (χ1n) is 4.22. The summed E-state index contributed by atoms with van der Waals surface area (Å²) in [5.41, 5.74) is 0. The van der Waals surface area contributed by atoms with E-state index in [9.17, 15) is 0 Å². The molecule has 0 bridgehead atoms. The Morgan fingerprint density at radius 3 is 2.42 bits per heavy atom. The van der Waals surface area contributed by atoms with Gasteiger partial charge in [0.25, 0.3) is 0 Å². The Bertz CT molecular complexity index is 152. The fourth-order valence-corrected chi connectivity index (χ4v) is 0.876. The maximum Gasteiger partial charge on any atom is 0.193 e. The van der Waals surface area contributed by atoms with Gasteiger partial charge in [-0.1, -0.05) is 0 Å². The summed E-state index contributed by atoms with van der Waals surface area (Å²) in [5, 5.41) is 3.37. The molecule has 1 aliphatic rings. The van der Waals surface area contributed by atoms with E-state index in [1.165, 1.54) is 12.8 Å². The highest BCUT2D eigenvalue weighted by Gasteiger charge is 2.22. The standard InChI is InChI=1S/C8H17N3.HI/c1-4-9-8(11(2)3)10-7-5-6-7;/h7H,4-6H2,1-3H3,(H,9,10);1H. The average molecular weight is 283 g/mol. The van der Waals surface area contributed by atoms with E-state index < -0.39 is 0 Å². The number of aliphatic imine (C=N–C) groups is 1. The number of rotatable bonds is 2. The molecule has 0 aromatic heterocycles. The normalized spacial score (nSPS) is 16.8. The molecule has 0 unspecified atom stereocenters. The van der Waals surface area contributed by atoms with Crippen molar-refractivity contribution < 1.29 is 0 Å². The van der Waals surface area contributed by atoms with Crippen LogP contribution in [0.25, 0.3) is 0 Å². The first kappa shape index (κ1) is 12.0. The number of nitrogens with one attached hydrogen (secondary N) is 1. The number of hydrogen-bond donors (Lipinski definition) is 1. The van der Waals surface area contributed by atoms with Crippen LogP contribution in [0.2, 0.25) is 0 Å². The van der Waals surface area contributed by atoms with Crippen LogP contribution >= 0.6 is 24.0 Å². The van der Waals surface area contributed by atoms with Gasteiger partial charge in [-0.2, -0.15) is 0 Å². The van der Waals surface area contributed by atoms with Gasteiger partial charge >= 0.3 is 0 Å². The third-order valence-electron chi connectivity index (χ3n) is 1.64. The van der Waals surface area contributed by atoms with Crippen molar-refractivity contribution in [2.75, 3.05) is 20.6 Å². The van der Waals surface area contributed by atoms with Crippen LogP contribution in [0.5, 0.6) is 0 Å². The molecule has 3 nitrogen and oxygen atoms in total. The molecular formula is C8H18IN3. The highest BCUT2D eigenvalue weighted by Crippen LogP contribution is 2.18. The van der Waals surface area contributed by atoms with Crippen LogP contribution in [-0.4, -0.2) is 37.5 Å². The Labute approximate surface area is 91.6 Å². The lowest BCUT2D eigenvalue weighted by Gasteiger charge is -2.16. The van der Waals surface area contributed by atoms with Crippen LogP contribution in [0.4, 0.5) is 0 Å². The Morgan fingerprint density at radius 1 is 1.50 bits per heavy atom. The molecule has 1 fully saturated rings. The van der Waals surface area contributed by atoms with E-state index in [1.807, 2.05) is 19.0 Å². The van der Waals surface area contributed by atoms with Gasteiger partial charge in [-0.05, 0) is 19.8 Å². The summed E-state index contributed by atoms with van der Waals surface area (Å²) >= 11 is 0.